The van der Waals surface area contributed by atoms with Crippen molar-refractivity contribution in [3.05, 3.63) is 41.2 Å². The number of hydrogen-bond donors (Lipinski definition) is 1. The number of carbonyl (C=O) groups excluding carboxylic acids is 1. The lowest BCUT2D eigenvalue weighted by Gasteiger charge is -2.16. The highest BCUT2D eigenvalue weighted by Gasteiger charge is 2.20. The molecule has 0 saturated heterocycles. The second-order valence-electron chi connectivity index (χ2n) is 4.78. The number of carbonyl (C=O) groups is 1. The SMILES string of the molecule is NC(=O)OCC(c1ccc2c(c1)CCC2)n1ncnn1. The first kappa shape index (κ1) is 12.6. The van der Waals surface area contributed by atoms with Gasteiger partial charge in [0.1, 0.15) is 12.6 Å². The predicted octanol–water partition coefficient (Wildman–Crippen LogP) is 0.847. The van der Waals surface area contributed by atoms with Crippen molar-refractivity contribution in [1.29, 1.82) is 0 Å². The Bertz CT molecular complexity index is 611. The Labute approximate surface area is 115 Å². The normalized spacial score (nSPS) is 14.8. The number of nitrogens with two attached hydrogens (primary N) is 1. The minimum atomic E-state index is -0.809. The molecule has 0 radical (unpaired) electrons. The van der Waals surface area contributed by atoms with Crippen molar-refractivity contribution in [2.75, 3.05) is 6.61 Å². The van der Waals surface area contributed by atoms with Crippen molar-refractivity contribution in [3.63, 3.8) is 0 Å². The molecule has 7 nitrogen and oxygen atoms in total. The van der Waals surface area contributed by atoms with Gasteiger partial charge >= 0.3 is 6.09 Å². The average Bonchev–Trinajstić information content (AvgIpc) is 3.08. The molecule has 1 atom stereocenters. The number of amides is 1. The molecule has 104 valence electrons. The van der Waals surface area contributed by atoms with E-state index in [-0.39, 0.29) is 12.6 Å². The number of aromatic nitrogens is 4. The minimum absolute atomic E-state index is 0.0878. The van der Waals surface area contributed by atoms with E-state index in [2.05, 4.69) is 27.5 Å². The van der Waals surface area contributed by atoms with E-state index >= 15 is 0 Å². The fourth-order valence-corrected chi connectivity index (χ4v) is 2.57. The van der Waals surface area contributed by atoms with Crippen LogP contribution in [0.4, 0.5) is 4.79 Å². The summed E-state index contributed by atoms with van der Waals surface area (Å²) < 4.78 is 4.91. The van der Waals surface area contributed by atoms with Gasteiger partial charge in [-0.25, -0.2) is 4.79 Å². The zero-order valence-electron chi connectivity index (χ0n) is 10.9. The molecule has 1 aromatic carbocycles. The molecule has 2 N–H and O–H groups in total. The molecule has 1 aliphatic carbocycles. The number of ether oxygens (including phenoxy) is 1. The molecule has 0 saturated carbocycles. The smallest absolute Gasteiger partial charge is 0.404 e. The van der Waals surface area contributed by atoms with Crippen molar-refractivity contribution in [1.82, 2.24) is 20.2 Å². The van der Waals surface area contributed by atoms with E-state index in [9.17, 15) is 4.79 Å². The summed E-state index contributed by atoms with van der Waals surface area (Å²) >= 11 is 0. The summed E-state index contributed by atoms with van der Waals surface area (Å²) in [6, 6.07) is 5.95. The molecule has 7 heteroatoms. The van der Waals surface area contributed by atoms with E-state index in [1.54, 1.807) is 0 Å². The van der Waals surface area contributed by atoms with Gasteiger partial charge in [0.05, 0.1) is 0 Å². The van der Waals surface area contributed by atoms with Crippen molar-refractivity contribution in [2.45, 2.75) is 25.3 Å². The standard InChI is InChI=1S/C13H15N5O2/c14-13(19)20-7-12(18-16-8-15-17-18)11-5-4-9-2-1-3-10(9)6-11/h4-6,8,12H,1-3,7H2,(H2,14,19). The van der Waals surface area contributed by atoms with E-state index in [0.717, 1.165) is 18.4 Å². The van der Waals surface area contributed by atoms with Gasteiger partial charge in [0.2, 0.25) is 0 Å². The molecule has 0 bridgehead atoms. The fraction of sp³-hybridized carbons (Fsp3) is 0.385. The van der Waals surface area contributed by atoms with Crippen molar-refractivity contribution in [2.24, 2.45) is 5.73 Å². The van der Waals surface area contributed by atoms with E-state index in [1.807, 2.05) is 6.07 Å². The van der Waals surface area contributed by atoms with Crippen LogP contribution in [0.5, 0.6) is 0 Å². The van der Waals surface area contributed by atoms with Crippen molar-refractivity contribution >= 4 is 6.09 Å². The van der Waals surface area contributed by atoms with Gasteiger partial charge in [-0.1, -0.05) is 18.2 Å². The van der Waals surface area contributed by atoms with E-state index in [0.29, 0.717) is 0 Å². The largest absolute Gasteiger partial charge is 0.447 e. The van der Waals surface area contributed by atoms with E-state index < -0.39 is 6.09 Å². The van der Waals surface area contributed by atoms with Crippen LogP contribution in [0.1, 0.15) is 29.2 Å². The van der Waals surface area contributed by atoms with Crippen LogP contribution in [0.15, 0.2) is 24.5 Å². The highest BCUT2D eigenvalue weighted by molar-refractivity contribution is 5.64. The molecule has 1 amide bonds. The molecular formula is C13H15N5O2. The first-order chi connectivity index (χ1) is 9.74. The van der Waals surface area contributed by atoms with E-state index in [4.69, 9.17) is 10.5 Å². The molecule has 20 heavy (non-hydrogen) atoms. The van der Waals surface area contributed by atoms with Gasteiger partial charge < -0.3 is 10.5 Å². The van der Waals surface area contributed by atoms with Crippen LogP contribution >= 0.6 is 0 Å². The Balaban J connectivity index is 1.90. The molecule has 3 rings (SSSR count). The maximum Gasteiger partial charge on any atom is 0.404 e. The second kappa shape index (κ2) is 5.28. The van der Waals surface area contributed by atoms with E-state index in [1.165, 1.54) is 28.7 Å². The number of nitrogens with zero attached hydrogens (tertiary/aromatic N) is 4. The number of aryl methyl sites for hydroxylation is 2. The molecule has 0 spiro atoms. The molecule has 1 aliphatic rings. The average molecular weight is 273 g/mol. The van der Waals surface area contributed by atoms with Crippen LogP contribution in [0.25, 0.3) is 0 Å². The molecule has 0 aliphatic heterocycles. The Kier molecular flexibility index (Phi) is 3.32. The zero-order chi connectivity index (χ0) is 13.9. The topological polar surface area (TPSA) is 95.9 Å². The Morgan fingerprint density at radius 1 is 1.40 bits per heavy atom. The number of primary amides is 1. The van der Waals surface area contributed by atoms with Gasteiger partial charge in [0.15, 0.2) is 6.33 Å². The van der Waals surface area contributed by atoms with Gasteiger partial charge in [0, 0.05) is 0 Å². The minimum Gasteiger partial charge on any atom is -0.447 e. The Morgan fingerprint density at radius 2 is 2.25 bits per heavy atom. The summed E-state index contributed by atoms with van der Waals surface area (Å²) in [6.45, 7) is 0.0878. The fourth-order valence-electron chi connectivity index (χ4n) is 2.57. The van der Waals surface area contributed by atoms with Crippen LogP contribution in [0.2, 0.25) is 0 Å². The highest BCUT2D eigenvalue weighted by atomic mass is 16.5. The molecule has 1 aromatic heterocycles. The first-order valence-electron chi connectivity index (χ1n) is 6.50. The molecular weight excluding hydrogens is 258 g/mol. The van der Waals surface area contributed by atoms with Crippen LogP contribution in [0, 0.1) is 0 Å². The van der Waals surface area contributed by atoms with Gasteiger partial charge in [-0.2, -0.15) is 4.80 Å². The lowest BCUT2D eigenvalue weighted by molar-refractivity contribution is 0.139. The van der Waals surface area contributed by atoms with Gasteiger partial charge in [-0.3, -0.25) is 0 Å². The van der Waals surface area contributed by atoms with Crippen molar-refractivity contribution < 1.29 is 9.53 Å². The maximum atomic E-state index is 10.8. The second-order valence-corrected chi connectivity index (χ2v) is 4.78. The highest BCUT2D eigenvalue weighted by Crippen LogP contribution is 2.26. The lowest BCUT2D eigenvalue weighted by Crippen LogP contribution is -2.24. The third-order valence-corrected chi connectivity index (χ3v) is 3.53. The third kappa shape index (κ3) is 2.47. The van der Waals surface area contributed by atoms with Gasteiger partial charge in [-0.05, 0) is 41.2 Å². The number of benzene rings is 1. The third-order valence-electron chi connectivity index (χ3n) is 3.53. The molecule has 0 fully saturated rings. The Morgan fingerprint density at radius 3 is 3.00 bits per heavy atom. The first-order valence-corrected chi connectivity index (χ1v) is 6.50. The van der Waals surface area contributed by atoms with Crippen LogP contribution in [0.3, 0.4) is 0 Å². The predicted molar refractivity (Wildman–Crippen MR) is 70.0 cm³/mol. The lowest BCUT2D eigenvalue weighted by atomic mass is 10.0. The Hall–Kier alpha value is -2.44. The molecule has 1 heterocycles. The van der Waals surface area contributed by atoms with Crippen LogP contribution < -0.4 is 5.73 Å². The number of hydrogen-bond acceptors (Lipinski definition) is 5. The number of fused-ring (bicyclic) bond motifs is 1. The van der Waals surface area contributed by atoms with Crippen molar-refractivity contribution in [3.8, 4) is 0 Å². The quantitative estimate of drug-likeness (QED) is 0.890. The summed E-state index contributed by atoms with van der Waals surface area (Å²) in [6.07, 6.45) is 3.93. The van der Waals surface area contributed by atoms with Gasteiger partial charge in [0.25, 0.3) is 0 Å². The summed E-state index contributed by atoms with van der Waals surface area (Å²) in [5, 5.41) is 11.6. The number of rotatable bonds is 4. The number of tetrazole rings is 1. The monoisotopic (exact) mass is 273 g/mol. The summed E-state index contributed by atoms with van der Waals surface area (Å²) in [5.41, 5.74) is 8.75. The molecule has 2 aromatic rings. The summed E-state index contributed by atoms with van der Waals surface area (Å²) in [7, 11) is 0. The zero-order valence-corrected chi connectivity index (χ0v) is 10.9. The van der Waals surface area contributed by atoms with Crippen LogP contribution in [-0.2, 0) is 17.6 Å². The maximum absolute atomic E-state index is 10.8. The van der Waals surface area contributed by atoms with Crippen LogP contribution in [-0.4, -0.2) is 32.9 Å². The molecule has 1 unspecified atom stereocenters. The van der Waals surface area contributed by atoms with Gasteiger partial charge in [-0.15, -0.1) is 10.2 Å². The summed E-state index contributed by atoms with van der Waals surface area (Å²) in [5.74, 6) is 0. The summed E-state index contributed by atoms with van der Waals surface area (Å²) in [4.78, 5) is 12.3.